The van der Waals surface area contributed by atoms with E-state index in [0.29, 0.717) is 25.7 Å². The molecule has 5 N–H and O–H groups in total. The van der Waals surface area contributed by atoms with Gasteiger partial charge in [0.2, 0.25) is 5.91 Å². The average molecular weight is 603 g/mol. The number of hydrogen-bond acceptors (Lipinski definition) is 6. The van der Waals surface area contributed by atoms with Gasteiger partial charge in [-0.3, -0.25) is 4.79 Å². The van der Waals surface area contributed by atoms with Crippen LogP contribution in [0.2, 0.25) is 0 Å². The molecule has 5 atom stereocenters. The summed E-state index contributed by atoms with van der Waals surface area (Å²) in [6, 6.07) is 23.9. The molecule has 0 saturated carbocycles. The molecule has 0 aromatic heterocycles. The number of aliphatic hydroxyl groups is 3. The van der Waals surface area contributed by atoms with Gasteiger partial charge in [0.15, 0.2) is 0 Å². The first-order valence-corrected chi connectivity index (χ1v) is 15.5. The highest BCUT2D eigenvalue weighted by Gasteiger charge is 2.35. The summed E-state index contributed by atoms with van der Waals surface area (Å²) >= 11 is 0. The predicted octanol–water partition coefficient (Wildman–Crippen LogP) is 4.43. The van der Waals surface area contributed by atoms with E-state index >= 15 is 0 Å². The molecule has 2 amide bonds. The van der Waals surface area contributed by atoms with Crippen LogP contribution in [0.1, 0.15) is 67.5 Å². The van der Waals surface area contributed by atoms with Crippen LogP contribution in [0.15, 0.2) is 78.9 Å². The summed E-state index contributed by atoms with van der Waals surface area (Å²) in [5.74, 6) is -0.920. The Hall–Kier alpha value is -3.72. The molecule has 0 heterocycles. The number of benzene rings is 3. The average Bonchev–Trinajstić information content (AvgIpc) is 3.30. The van der Waals surface area contributed by atoms with Crippen molar-refractivity contribution in [1.82, 2.24) is 10.6 Å². The van der Waals surface area contributed by atoms with E-state index in [1.54, 1.807) is 20.8 Å². The summed E-state index contributed by atoms with van der Waals surface area (Å²) in [5, 5.41) is 37.5. The first-order valence-electron chi connectivity index (χ1n) is 15.5. The van der Waals surface area contributed by atoms with Gasteiger partial charge in [-0.2, -0.15) is 0 Å². The normalized spacial score (nSPS) is 18.1. The smallest absolute Gasteiger partial charge is 0.407 e. The molecule has 1 aliphatic rings. The number of rotatable bonds is 13. The molecule has 1 unspecified atom stereocenters. The number of ether oxygens (including phenoxy) is 1. The first-order chi connectivity index (χ1) is 21.0. The first kappa shape index (κ1) is 33.2. The highest BCUT2D eigenvalue weighted by molar-refractivity contribution is 5.80. The molecule has 0 saturated heterocycles. The lowest BCUT2D eigenvalue weighted by molar-refractivity contribution is -0.127. The van der Waals surface area contributed by atoms with Gasteiger partial charge in [0, 0.05) is 18.9 Å². The summed E-state index contributed by atoms with van der Waals surface area (Å²) in [6.07, 6.45) is 0.240. The molecule has 3 aromatic carbocycles. The standard InChI is InChI=1S/C36H46N2O6/c1-36(2,3)44-35(43)37-30(21-25-10-5-4-6-11-25)31(40)23-28(20-26-17-15-24(16-18-26)12-9-19-39)34(42)38-33-29-14-8-7-13-27(29)22-32(33)41/h4-8,10-11,13-18,28,30-33,39-41H,9,12,19-23H2,1-3H3,(H,37,43)(H,38,42)/t28?,30-,31-,32+,33-/m0/s1. The van der Waals surface area contributed by atoms with Crippen LogP contribution < -0.4 is 10.6 Å². The number of carbonyl (C=O) groups excluding carboxylic acids is 2. The van der Waals surface area contributed by atoms with E-state index in [9.17, 15) is 24.9 Å². The highest BCUT2D eigenvalue weighted by atomic mass is 16.6. The fraction of sp³-hybridized carbons (Fsp3) is 0.444. The van der Waals surface area contributed by atoms with Crippen LogP contribution >= 0.6 is 0 Å². The molecule has 4 rings (SSSR count). The van der Waals surface area contributed by atoms with Gasteiger partial charge < -0.3 is 30.7 Å². The Balaban J connectivity index is 1.56. The van der Waals surface area contributed by atoms with Crippen LogP contribution in [-0.2, 0) is 35.2 Å². The molecule has 0 fully saturated rings. The lowest BCUT2D eigenvalue weighted by Crippen LogP contribution is -2.48. The fourth-order valence-corrected chi connectivity index (χ4v) is 5.78. The number of aliphatic hydroxyl groups excluding tert-OH is 3. The molecule has 1 aliphatic carbocycles. The number of aryl methyl sites for hydroxylation is 1. The second-order valence-electron chi connectivity index (χ2n) is 12.7. The molecular formula is C36H46N2O6. The number of fused-ring (bicyclic) bond motifs is 1. The van der Waals surface area contributed by atoms with E-state index in [4.69, 9.17) is 4.74 Å². The van der Waals surface area contributed by atoms with Gasteiger partial charge in [-0.25, -0.2) is 4.79 Å². The maximum Gasteiger partial charge on any atom is 0.407 e. The minimum Gasteiger partial charge on any atom is -0.444 e. The number of alkyl carbamates (subject to hydrolysis) is 1. The van der Waals surface area contributed by atoms with Crippen molar-refractivity contribution in [2.24, 2.45) is 5.92 Å². The van der Waals surface area contributed by atoms with Gasteiger partial charge >= 0.3 is 6.09 Å². The lowest BCUT2D eigenvalue weighted by atomic mass is 9.88. The van der Waals surface area contributed by atoms with E-state index in [2.05, 4.69) is 10.6 Å². The van der Waals surface area contributed by atoms with E-state index in [0.717, 1.165) is 34.2 Å². The molecule has 0 radical (unpaired) electrons. The van der Waals surface area contributed by atoms with E-state index in [1.165, 1.54) is 0 Å². The lowest BCUT2D eigenvalue weighted by Gasteiger charge is -2.30. The van der Waals surface area contributed by atoms with Crippen molar-refractivity contribution in [3.63, 3.8) is 0 Å². The Labute approximate surface area is 260 Å². The van der Waals surface area contributed by atoms with Crippen molar-refractivity contribution < 1.29 is 29.6 Å². The Kier molecular flexibility index (Phi) is 11.6. The van der Waals surface area contributed by atoms with Crippen molar-refractivity contribution in [3.8, 4) is 0 Å². The van der Waals surface area contributed by atoms with E-state index in [-0.39, 0.29) is 18.9 Å². The minimum atomic E-state index is -1.07. The monoisotopic (exact) mass is 602 g/mol. The zero-order chi connectivity index (χ0) is 31.7. The Morgan fingerprint density at radius 3 is 2.23 bits per heavy atom. The van der Waals surface area contributed by atoms with Crippen molar-refractivity contribution in [2.75, 3.05) is 6.61 Å². The molecule has 0 spiro atoms. The third-order valence-electron chi connectivity index (χ3n) is 7.99. The summed E-state index contributed by atoms with van der Waals surface area (Å²) in [7, 11) is 0. The second kappa shape index (κ2) is 15.3. The highest BCUT2D eigenvalue weighted by Crippen LogP contribution is 2.32. The van der Waals surface area contributed by atoms with Crippen LogP contribution in [0.3, 0.4) is 0 Å². The molecular weight excluding hydrogens is 556 g/mol. The topological polar surface area (TPSA) is 128 Å². The summed E-state index contributed by atoms with van der Waals surface area (Å²) < 4.78 is 5.49. The molecule has 0 bridgehead atoms. The number of carbonyl (C=O) groups is 2. The Bertz CT molecular complexity index is 1360. The second-order valence-corrected chi connectivity index (χ2v) is 12.7. The third kappa shape index (κ3) is 9.64. The molecule has 3 aromatic rings. The summed E-state index contributed by atoms with van der Waals surface area (Å²) in [4.78, 5) is 26.7. The number of amides is 2. The maximum atomic E-state index is 13.9. The van der Waals surface area contributed by atoms with Gasteiger partial charge in [0.25, 0.3) is 0 Å². The van der Waals surface area contributed by atoms with E-state index < -0.39 is 41.9 Å². The van der Waals surface area contributed by atoms with Crippen molar-refractivity contribution in [3.05, 3.63) is 107 Å². The van der Waals surface area contributed by atoms with E-state index in [1.807, 2.05) is 78.9 Å². The zero-order valence-corrected chi connectivity index (χ0v) is 25.9. The third-order valence-corrected chi connectivity index (χ3v) is 7.99. The van der Waals surface area contributed by atoms with Crippen LogP contribution in [0.5, 0.6) is 0 Å². The number of hydrogen-bond donors (Lipinski definition) is 5. The summed E-state index contributed by atoms with van der Waals surface area (Å²) in [6.45, 7) is 5.46. The van der Waals surface area contributed by atoms with Gasteiger partial charge in [0.1, 0.15) is 5.60 Å². The fourth-order valence-electron chi connectivity index (χ4n) is 5.78. The van der Waals surface area contributed by atoms with Gasteiger partial charge in [-0.15, -0.1) is 0 Å². The van der Waals surface area contributed by atoms with Gasteiger partial charge in [-0.05, 0) is 80.7 Å². The van der Waals surface area contributed by atoms with Crippen LogP contribution in [0.25, 0.3) is 0 Å². The van der Waals surface area contributed by atoms with Crippen molar-refractivity contribution in [2.45, 2.75) is 89.2 Å². The largest absolute Gasteiger partial charge is 0.444 e. The maximum absolute atomic E-state index is 13.9. The Morgan fingerprint density at radius 1 is 0.909 bits per heavy atom. The van der Waals surface area contributed by atoms with Crippen molar-refractivity contribution >= 4 is 12.0 Å². The number of nitrogens with one attached hydrogen (secondary N) is 2. The predicted molar refractivity (Wildman–Crippen MR) is 170 cm³/mol. The molecule has 236 valence electrons. The molecule has 8 heteroatoms. The van der Waals surface area contributed by atoms with Gasteiger partial charge in [-0.1, -0.05) is 78.9 Å². The minimum absolute atomic E-state index is 0.0792. The van der Waals surface area contributed by atoms with Crippen LogP contribution in [0.4, 0.5) is 4.79 Å². The summed E-state index contributed by atoms with van der Waals surface area (Å²) in [5.41, 5.74) is 4.14. The van der Waals surface area contributed by atoms with Crippen LogP contribution in [0, 0.1) is 5.92 Å². The van der Waals surface area contributed by atoms with Crippen molar-refractivity contribution in [1.29, 1.82) is 0 Å². The molecule has 8 nitrogen and oxygen atoms in total. The quantitative estimate of drug-likeness (QED) is 0.197. The molecule has 0 aliphatic heterocycles. The molecule has 44 heavy (non-hydrogen) atoms. The van der Waals surface area contributed by atoms with Gasteiger partial charge in [0.05, 0.1) is 24.3 Å². The zero-order valence-electron chi connectivity index (χ0n) is 25.9. The van der Waals surface area contributed by atoms with Crippen LogP contribution in [-0.4, -0.2) is 57.8 Å². The Morgan fingerprint density at radius 2 is 1.55 bits per heavy atom. The SMILES string of the molecule is CC(C)(C)OC(=O)N[C@@H](Cc1ccccc1)[C@@H](O)CC(Cc1ccc(CCCO)cc1)C(=O)N[C@H]1c2ccccc2C[C@H]1O.